The van der Waals surface area contributed by atoms with Crippen molar-refractivity contribution in [3.63, 3.8) is 0 Å². The van der Waals surface area contributed by atoms with Crippen molar-refractivity contribution < 1.29 is 9.59 Å². The van der Waals surface area contributed by atoms with Gasteiger partial charge in [0.15, 0.2) is 0 Å². The van der Waals surface area contributed by atoms with Gasteiger partial charge >= 0.3 is 0 Å². The van der Waals surface area contributed by atoms with E-state index in [2.05, 4.69) is 49.8 Å². The quantitative estimate of drug-likeness (QED) is 0.462. The summed E-state index contributed by atoms with van der Waals surface area (Å²) in [5, 5.41) is 0. The van der Waals surface area contributed by atoms with E-state index < -0.39 is 0 Å². The Morgan fingerprint density at radius 1 is 0.741 bits per heavy atom. The monoisotopic (exact) mass is 362 g/mol. The highest BCUT2D eigenvalue weighted by atomic mass is 16.1. The van der Waals surface area contributed by atoms with Gasteiger partial charge in [-0.3, -0.25) is 0 Å². The zero-order chi connectivity index (χ0) is 20.1. The molecule has 2 aromatic rings. The van der Waals surface area contributed by atoms with Crippen LogP contribution in [0.2, 0.25) is 0 Å². The van der Waals surface area contributed by atoms with E-state index in [1.807, 2.05) is 26.0 Å². The molecule has 0 heterocycles. The summed E-state index contributed by atoms with van der Waals surface area (Å²) in [6.07, 6.45) is 4.06. The van der Waals surface area contributed by atoms with E-state index in [0.717, 1.165) is 17.5 Å². The summed E-state index contributed by atoms with van der Waals surface area (Å²) in [5.41, 5.74) is 8.07. The molecule has 0 aliphatic carbocycles. The third-order valence-electron chi connectivity index (χ3n) is 4.87. The molecule has 0 fully saturated rings. The van der Waals surface area contributed by atoms with Crippen molar-refractivity contribution in [2.24, 2.45) is 9.98 Å². The first kappa shape index (κ1) is 20.5. The lowest BCUT2D eigenvalue weighted by atomic mass is 9.86. The van der Waals surface area contributed by atoms with Crippen LogP contribution in [-0.4, -0.2) is 12.2 Å². The Morgan fingerprint density at radius 2 is 1.11 bits per heavy atom. The lowest BCUT2D eigenvalue weighted by Crippen LogP contribution is -2.03. The van der Waals surface area contributed by atoms with Gasteiger partial charge in [0, 0.05) is 0 Å². The van der Waals surface area contributed by atoms with Gasteiger partial charge in [-0.15, -0.1) is 0 Å². The van der Waals surface area contributed by atoms with Crippen LogP contribution in [0, 0.1) is 13.8 Å². The minimum absolute atomic E-state index is 0.309. The van der Waals surface area contributed by atoms with Crippen LogP contribution < -0.4 is 0 Å². The first-order chi connectivity index (χ1) is 12.8. The van der Waals surface area contributed by atoms with Crippen molar-refractivity contribution in [2.75, 3.05) is 0 Å². The standard InChI is InChI=1S/C23H26N2O2/c1-14(2)20-10-22(24-12-26)16(5)7-18(20)9-19-8-17(6)23(25-13-27)11-21(19)15(3)4/h7-8,10-11,14-15H,9H2,1-6H3. The molecule has 27 heavy (non-hydrogen) atoms. The molecule has 0 aliphatic rings. The van der Waals surface area contributed by atoms with E-state index in [-0.39, 0.29) is 0 Å². The van der Waals surface area contributed by atoms with E-state index in [0.29, 0.717) is 23.2 Å². The molecular formula is C23H26N2O2. The van der Waals surface area contributed by atoms with Gasteiger partial charge in [-0.1, -0.05) is 39.8 Å². The first-order valence-corrected chi connectivity index (χ1v) is 9.21. The highest BCUT2D eigenvalue weighted by Gasteiger charge is 2.15. The zero-order valence-electron chi connectivity index (χ0n) is 16.9. The van der Waals surface area contributed by atoms with Crippen molar-refractivity contribution in [1.29, 1.82) is 0 Å². The maximum atomic E-state index is 10.7. The van der Waals surface area contributed by atoms with Gasteiger partial charge in [0.2, 0.25) is 12.2 Å². The molecule has 0 atom stereocenters. The van der Waals surface area contributed by atoms with Crippen LogP contribution in [0.4, 0.5) is 11.4 Å². The molecule has 0 radical (unpaired) electrons. The van der Waals surface area contributed by atoms with Gasteiger partial charge in [0.25, 0.3) is 0 Å². The predicted octanol–water partition coefficient (Wildman–Crippen LogP) is 6.08. The fraction of sp³-hybridized carbons (Fsp3) is 0.391. The average molecular weight is 362 g/mol. The van der Waals surface area contributed by atoms with Gasteiger partial charge in [0.1, 0.15) is 0 Å². The molecule has 140 valence electrons. The summed E-state index contributed by atoms with van der Waals surface area (Å²) < 4.78 is 0. The Labute approximate surface area is 161 Å². The molecule has 2 rings (SSSR count). The predicted molar refractivity (Wildman–Crippen MR) is 109 cm³/mol. The summed E-state index contributed by atoms with van der Waals surface area (Å²) in [4.78, 5) is 29.1. The Kier molecular flexibility index (Phi) is 6.63. The molecular weight excluding hydrogens is 336 g/mol. The van der Waals surface area contributed by atoms with Crippen molar-refractivity contribution in [3.05, 3.63) is 57.6 Å². The lowest BCUT2D eigenvalue weighted by molar-refractivity contribution is 0.564. The second kappa shape index (κ2) is 8.73. The smallest absolute Gasteiger partial charge is 0.211 e. The number of aliphatic imine (C=N–C) groups is 2. The number of aryl methyl sites for hydroxylation is 2. The number of hydrogen-bond donors (Lipinski definition) is 0. The van der Waals surface area contributed by atoms with Crippen molar-refractivity contribution in [2.45, 2.75) is 59.8 Å². The van der Waals surface area contributed by atoms with E-state index in [1.54, 1.807) is 12.2 Å². The van der Waals surface area contributed by atoms with Gasteiger partial charge in [-0.25, -0.2) is 9.59 Å². The van der Waals surface area contributed by atoms with Gasteiger partial charge in [-0.05, 0) is 77.6 Å². The summed E-state index contributed by atoms with van der Waals surface area (Å²) in [7, 11) is 0. The number of benzene rings is 2. The van der Waals surface area contributed by atoms with E-state index in [9.17, 15) is 9.59 Å². The van der Waals surface area contributed by atoms with Gasteiger partial charge < -0.3 is 0 Å². The van der Waals surface area contributed by atoms with Crippen LogP contribution in [0.15, 0.2) is 34.3 Å². The van der Waals surface area contributed by atoms with Crippen LogP contribution in [0.5, 0.6) is 0 Å². The Morgan fingerprint density at radius 3 is 1.41 bits per heavy atom. The minimum atomic E-state index is 0.309. The molecule has 0 aliphatic heterocycles. The largest absolute Gasteiger partial charge is 0.240 e. The molecule has 4 heteroatoms. The van der Waals surface area contributed by atoms with Crippen molar-refractivity contribution in [3.8, 4) is 0 Å². The maximum Gasteiger partial charge on any atom is 0.240 e. The number of nitrogens with zero attached hydrogens (tertiary/aromatic N) is 2. The third kappa shape index (κ3) is 4.68. The summed E-state index contributed by atoms with van der Waals surface area (Å²) >= 11 is 0. The SMILES string of the molecule is Cc1cc(Cc2cc(C)c(N=C=O)cc2C(C)C)c(C(C)C)cc1N=C=O. The highest BCUT2D eigenvalue weighted by molar-refractivity contribution is 5.60. The zero-order valence-corrected chi connectivity index (χ0v) is 16.9. The fourth-order valence-electron chi connectivity index (χ4n) is 3.47. The average Bonchev–Trinajstić information content (AvgIpc) is 2.59. The van der Waals surface area contributed by atoms with Crippen LogP contribution in [0.25, 0.3) is 0 Å². The van der Waals surface area contributed by atoms with Crippen molar-refractivity contribution >= 4 is 23.5 Å². The second-order valence-corrected chi connectivity index (χ2v) is 7.57. The molecule has 4 nitrogen and oxygen atoms in total. The number of isocyanates is 2. The van der Waals surface area contributed by atoms with E-state index >= 15 is 0 Å². The minimum Gasteiger partial charge on any atom is -0.211 e. The number of carbonyl (C=O) groups excluding carboxylic acids is 2. The molecule has 2 aromatic carbocycles. The Hall–Kier alpha value is -2.80. The lowest BCUT2D eigenvalue weighted by Gasteiger charge is -2.19. The van der Waals surface area contributed by atoms with Crippen LogP contribution in [0.1, 0.15) is 72.9 Å². The van der Waals surface area contributed by atoms with E-state index in [4.69, 9.17) is 0 Å². The summed E-state index contributed by atoms with van der Waals surface area (Å²) in [6, 6.07) is 8.21. The van der Waals surface area contributed by atoms with Gasteiger partial charge in [0.05, 0.1) is 11.4 Å². The van der Waals surface area contributed by atoms with Crippen LogP contribution in [0.3, 0.4) is 0 Å². The molecule has 0 aromatic heterocycles. The van der Waals surface area contributed by atoms with Crippen LogP contribution in [-0.2, 0) is 16.0 Å². The summed E-state index contributed by atoms with van der Waals surface area (Å²) in [5.74, 6) is 0.618. The van der Waals surface area contributed by atoms with Crippen LogP contribution >= 0.6 is 0 Å². The normalized spacial score (nSPS) is 10.7. The Balaban J connectivity index is 2.62. The summed E-state index contributed by atoms with van der Waals surface area (Å²) in [6.45, 7) is 12.5. The molecule has 0 N–H and O–H groups in total. The number of hydrogen-bond acceptors (Lipinski definition) is 4. The molecule has 0 saturated carbocycles. The maximum absolute atomic E-state index is 10.7. The van der Waals surface area contributed by atoms with Gasteiger partial charge in [-0.2, -0.15) is 9.98 Å². The fourth-order valence-corrected chi connectivity index (χ4v) is 3.47. The molecule has 0 spiro atoms. The second-order valence-electron chi connectivity index (χ2n) is 7.57. The molecule has 0 bridgehead atoms. The first-order valence-electron chi connectivity index (χ1n) is 9.21. The van der Waals surface area contributed by atoms with Crippen molar-refractivity contribution in [1.82, 2.24) is 0 Å². The third-order valence-corrected chi connectivity index (χ3v) is 4.87. The molecule has 0 saturated heterocycles. The Bertz CT molecular complexity index is 868. The highest BCUT2D eigenvalue weighted by Crippen LogP contribution is 2.34. The molecule has 0 unspecified atom stereocenters. The molecule has 0 amide bonds. The number of rotatable bonds is 6. The topological polar surface area (TPSA) is 58.9 Å². The van der Waals surface area contributed by atoms with E-state index in [1.165, 1.54) is 22.3 Å².